The molecule has 90 valence electrons. The quantitative estimate of drug-likeness (QED) is 0.678. The van der Waals surface area contributed by atoms with Crippen molar-refractivity contribution in [3.05, 3.63) is 0 Å². The number of hydrogen-bond donors (Lipinski definition) is 1. The number of hydrogen-bond acceptors (Lipinski definition) is 2. The minimum absolute atomic E-state index is 0.132. The van der Waals surface area contributed by atoms with Gasteiger partial charge in [-0.15, -0.1) is 0 Å². The molecule has 0 saturated carbocycles. The maximum atomic E-state index is 11.9. The molecule has 5 heteroatoms. The predicted molar refractivity (Wildman–Crippen MR) is 50.4 cm³/mol. The zero-order chi connectivity index (χ0) is 11.9. The van der Waals surface area contributed by atoms with Crippen molar-refractivity contribution in [2.75, 3.05) is 0 Å². The van der Waals surface area contributed by atoms with Crippen molar-refractivity contribution in [2.24, 2.45) is 0 Å². The topological polar surface area (TPSA) is 37.3 Å². The van der Waals surface area contributed by atoms with E-state index in [9.17, 15) is 18.0 Å². The van der Waals surface area contributed by atoms with Crippen LogP contribution in [0.3, 0.4) is 0 Å². The van der Waals surface area contributed by atoms with Crippen molar-refractivity contribution in [1.29, 1.82) is 0 Å². The second kappa shape index (κ2) is 6.82. The number of carbonyl (C=O) groups is 1. The van der Waals surface area contributed by atoms with E-state index in [4.69, 9.17) is 5.11 Å². The summed E-state index contributed by atoms with van der Waals surface area (Å²) in [5.41, 5.74) is 0. The Bertz CT molecular complexity index is 190. The van der Waals surface area contributed by atoms with Crippen LogP contribution in [0.2, 0.25) is 0 Å². The fraction of sp³-hybridized carbons (Fsp3) is 0.900. The number of ketones is 1. The fourth-order valence-electron chi connectivity index (χ4n) is 1.18. The fourth-order valence-corrected chi connectivity index (χ4v) is 1.18. The Morgan fingerprint density at radius 2 is 1.87 bits per heavy atom. The smallest absolute Gasteiger partial charge is 0.383 e. The Kier molecular flexibility index (Phi) is 6.56. The third-order valence-corrected chi connectivity index (χ3v) is 2.11. The van der Waals surface area contributed by atoms with Crippen LogP contribution in [0.4, 0.5) is 13.2 Å². The lowest BCUT2D eigenvalue weighted by Crippen LogP contribution is -2.30. The summed E-state index contributed by atoms with van der Waals surface area (Å²) < 4.78 is 35.6. The van der Waals surface area contributed by atoms with E-state index in [0.29, 0.717) is 6.42 Å². The molecule has 15 heavy (non-hydrogen) atoms. The van der Waals surface area contributed by atoms with Gasteiger partial charge in [0.15, 0.2) is 6.10 Å². The van der Waals surface area contributed by atoms with Crippen LogP contribution in [0, 0.1) is 0 Å². The maximum Gasteiger partial charge on any atom is 0.414 e. The largest absolute Gasteiger partial charge is 0.414 e. The number of rotatable bonds is 7. The number of alkyl halides is 3. The first-order valence-electron chi connectivity index (χ1n) is 5.14. The molecule has 0 fully saturated rings. The number of unbranched alkanes of at least 4 members (excludes halogenated alkanes) is 3. The van der Waals surface area contributed by atoms with Gasteiger partial charge in [0.2, 0.25) is 0 Å². The van der Waals surface area contributed by atoms with Gasteiger partial charge < -0.3 is 5.11 Å². The van der Waals surface area contributed by atoms with Gasteiger partial charge in [0.05, 0.1) is 0 Å². The first-order valence-corrected chi connectivity index (χ1v) is 5.14. The monoisotopic (exact) mass is 226 g/mol. The molecule has 0 aliphatic heterocycles. The van der Waals surface area contributed by atoms with Gasteiger partial charge in [0.1, 0.15) is 5.78 Å². The van der Waals surface area contributed by atoms with E-state index >= 15 is 0 Å². The Labute approximate surface area is 87.5 Å². The van der Waals surface area contributed by atoms with Crippen LogP contribution in [-0.4, -0.2) is 23.2 Å². The highest BCUT2D eigenvalue weighted by molar-refractivity contribution is 5.78. The van der Waals surface area contributed by atoms with E-state index in [1.165, 1.54) is 0 Å². The van der Waals surface area contributed by atoms with Gasteiger partial charge in [0.25, 0.3) is 0 Å². The molecule has 1 N–H and O–H groups in total. The van der Waals surface area contributed by atoms with Crippen LogP contribution < -0.4 is 0 Å². The molecule has 0 aromatic rings. The highest BCUT2D eigenvalue weighted by Gasteiger charge is 2.39. The summed E-state index contributed by atoms with van der Waals surface area (Å²) in [5, 5.41) is 8.61. The summed E-state index contributed by atoms with van der Waals surface area (Å²) in [7, 11) is 0. The molecule has 0 spiro atoms. The minimum atomic E-state index is -4.68. The number of Topliss-reactive ketones (excluding diaryl/α,β-unsaturated/α-hetero) is 1. The van der Waals surface area contributed by atoms with Crippen molar-refractivity contribution >= 4 is 5.78 Å². The molecule has 0 aromatic heterocycles. The van der Waals surface area contributed by atoms with Crippen LogP contribution in [0.5, 0.6) is 0 Å². The number of carbonyl (C=O) groups excluding carboxylic acids is 1. The van der Waals surface area contributed by atoms with Crippen molar-refractivity contribution in [3.8, 4) is 0 Å². The van der Waals surface area contributed by atoms with E-state index in [0.717, 1.165) is 19.3 Å². The van der Waals surface area contributed by atoms with Crippen LogP contribution in [0.15, 0.2) is 0 Å². The molecule has 2 nitrogen and oxygen atoms in total. The van der Waals surface area contributed by atoms with Crippen LogP contribution in [0.1, 0.15) is 45.4 Å². The summed E-state index contributed by atoms with van der Waals surface area (Å²) in [5.74, 6) is -0.518. The summed E-state index contributed by atoms with van der Waals surface area (Å²) >= 11 is 0. The van der Waals surface area contributed by atoms with Crippen molar-refractivity contribution in [3.63, 3.8) is 0 Å². The zero-order valence-electron chi connectivity index (χ0n) is 8.81. The summed E-state index contributed by atoms with van der Waals surface area (Å²) in [6.07, 6.45) is -4.41. The van der Waals surface area contributed by atoms with E-state index in [1.807, 2.05) is 6.92 Å². The molecule has 0 bridgehead atoms. The lowest BCUT2D eigenvalue weighted by molar-refractivity contribution is -0.205. The standard InChI is InChI=1S/C10H17F3O2/c1-2-3-4-5-6-8(14)7-9(15)10(11,12)13/h9,15H,2-7H2,1H3/t9-/m1/s1. The van der Waals surface area contributed by atoms with Crippen LogP contribution >= 0.6 is 0 Å². The third-order valence-electron chi connectivity index (χ3n) is 2.11. The second-order valence-corrected chi connectivity index (χ2v) is 3.61. The van der Waals surface area contributed by atoms with Crippen molar-refractivity contribution in [1.82, 2.24) is 0 Å². The lowest BCUT2D eigenvalue weighted by Gasteiger charge is -2.13. The molecule has 0 aliphatic rings. The number of aliphatic hydroxyl groups excluding tert-OH is 1. The van der Waals surface area contributed by atoms with Gasteiger partial charge >= 0.3 is 6.18 Å². The molecule has 0 heterocycles. The van der Waals surface area contributed by atoms with Crippen LogP contribution in [-0.2, 0) is 4.79 Å². The highest BCUT2D eigenvalue weighted by atomic mass is 19.4. The van der Waals surface area contributed by atoms with Gasteiger partial charge in [-0.1, -0.05) is 26.2 Å². The molecule has 0 saturated heterocycles. The van der Waals surface area contributed by atoms with Crippen molar-refractivity contribution < 1.29 is 23.1 Å². The SMILES string of the molecule is CCCCCCC(=O)C[C@@H](O)C(F)(F)F. The maximum absolute atomic E-state index is 11.9. The lowest BCUT2D eigenvalue weighted by atomic mass is 10.1. The Morgan fingerprint density at radius 1 is 1.27 bits per heavy atom. The molecule has 0 radical (unpaired) electrons. The van der Waals surface area contributed by atoms with Gasteiger partial charge in [0, 0.05) is 12.8 Å². The minimum Gasteiger partial charge on any atom is -0.383 e. The Balaban J connectivity index is 3.65. The molecule has 0 rings (SSSR count). The van der Waals surface area contributed by atoms with Gasteiger partial charge in [-0.25, -0.2) is 0 Å². The highest BCUT2D eigenvalue weighted by Crippen LogP contribution is 2.23. The normalized spacial score (nSPS) is 13.9. The number of halogens is 3. The van der Waals surface area contributed by atoms with Gasteiger partial charge in [-0.05, 0) is 6.42 Å². The molecule has 1 atom stereocenters. The Morgan fingerprint density at radius 3 is 2.33 bits per heavy atom. The summed E-state index contributed by atoms with van der Waals surface area (Å²) in [6, 6.07) is 0. The molecular formula is C10H17F3O2. The molecular weight excluding hydrogens is 209 g/mol. The molecule has 0 aromatic carbocycles. The van der Waals surface area contributed by atoms with Crippen LogP contribution in [0.25, 0.3) is 0 Å². The number of aliphatic hydroxyl groups is 1. The first kappa shape index (κ1) is 14.4. The average molecular weight is 226 g/mol. The second-order valence-electron chi connectivity index (χ2n) is 3.61. The van der Waals surface area contributed by atoms with Gasteiger partial charge in [-0.2, -0.15) is 13.2 Å². The molecule has 0 amide bonds. The average Bonchev–Trinajstić information content (AvgIpc) is 2.11. The Hall–Kier alpha value is -0.580. The molecule has 0 aliphatic carbocycles. The van der Waals surface area contributed by atoms with E-state index in [2.05, 4.69) is 0 Å². The summed E-state index contributed by atoms with van der Waals surface area (Å²) in [6.45, 7) is 2.01. The van der Waals surface area contributed by atoms with E-state index in [1.54, 1.807) is 0 Å². The predicted octanol–water partition coefficient (Wildman–Crippen LogP) is 2.84. The first-order chi connectivity index (χ1) is 6.88. The van der Waals surface area contributed by atoms with Gasteiger partial charge in [-0.3, -0.25) is 4.79 Å². The van der Waals surface area contributed by atoms with Crippen molar-refractivity contribution in [2.45, 2.75) is 57.7 Å². The third kappa shape index (κ3) is 7.36. The zero-order valence-corrected chi connectivity index (χ0v) is 8.81. The van der Waals surface area contributed by atoms with E-state index in [-0.39, 0.29) is 6.42 Å². The molecule has 0 unspecified atom stereocenters. The summed E-state index contributed by atoms with van der Waals surface area (Å²) in [4.78, 5) is 11.0. The van der Waals surface area contributed by atoms with E-state index < -0.39 is 24.5 Å².